The van der Waals surface area contributed by atoms with E-state index in [1.54, 1.807) is 55.4 Å². The van der Waals surface area contributed by atoms with Crippen LogP contribution in [0.25, 0.3) is 0 Å². The van der Waals surface area contributed by atoms with Crippen molar-refractivity contribution in [2.45, 2.75) is 79.8 Å². The molecule has 0 bridgehead atoms. The van der Waals surface area contributed by atoms with Gasteiger partial charge in [-0.3, -0.25) is 0 Å². The van der Waals surface area contributed by atoms with Gasteiger partial charge in [-0.2, -0.15) is 18.3 Å². The first-order valence-corrected chi connectivity index (χ1v) is 8.68. The molecule has 0 atom stereocenters. The van der Waals surface area contributed by atoms with E-state index in [2.05, 4.69) is 0 Å². The quantitative estimate of drug-likeness (QED) is 0.307. The molecule has 0 spiro atoms. The van der Waals surface area contributed by atoms with Gasteiger partial charge in [-0.1, -0.05) is 0 Å². The van der Waals surface area contributed by atoms with Gasteiger partial charge in [-0.25, -0.2) is 19.6 Å². The molecule has 0 amide bonds. The highest BCUT2D eigenvalue weighted by Crippen LogP contribution is 2.18. The van der Waals surface area contributed by atoms with Crippen molar-refractivity contribution in [2.75, 3.05) is 0 Å². The van der Waals surface area contributed by atoms with E-state index in [0.29, 0.717) is 0 Å². The molecule has 0 aliphatic carbocycles. The van der Waals surface area contributed by atoms with Gasteiger partial charge < -0.3 is 0 Å². The van der Waals surface area contributed by atoms with Crippen molar-refractivity contribution in [3.8, 4) is 0 Å². The third-order valence-electron chi connectivity index (χ3n) is 1.37. The first-order chi connectivity index (χ1) is 9.67. The Balaban J connectivity index is 4.85. The lowest BCUT2D eigenvalue weighted by atomic mass is 10.5. The number of hydrogen-bond donors (Lipinski definition) is 0. The summed E-state index contributed by atoms with van der Waals surface area (Å²) in [4.78, 5) is 20.2. The van der Waals surface area contributed by atoms with Crippen LogP contribution in [0.3, 0.4) is 0 Å². The second kappa shape index (κ2) is 10.6. The Labute approximate surface area is 127 Å². The molecule has 0 saturated heterocycles. The molecular weight excluding hydrogens is 300 g/mol. The predicted molar refractivity (Wildman–Crippen MR) is 75.0 cm³/mol. The van der Waals surface area contributed by atoms with Crippen LogP contribution in [0, 0.1) is 0 Å². The maximum absolute atomic E-state index is 5.14. The van der Waals surface area contributed by atoms with E-state index < -0.39 is 9.05 Å². The maximum atomic E-state index is 5.14. The molecule has 0 aromatic carbocycles. The van der Waals surface area contributed by atoms with E-state index in [1.807, 2.05) is 0 Å². The predicted octanol–water partition coefficient (Wildman–Crippen LogP) is 2.85. The van der Waals surface area contributed by atoms with Crippen LogP contribution in [0.5, 0.6) is 0 Å². The second-order valence-electron chi connectivity index (χ2n) is 5.41. The minimum atomic E-state index is -3.94. The fraction of sp³-hybridized carbons (Fsp3) is 1.00. The van der Waals surface area contributed by atoms with Crippen molar-refractivity contribution in [1.29, 1.82) is 0 Å². The van der Waals surface area contributed by atoms with Crippen molar-refractivity contribution < 1.29 is 37.9 Å². The molecule has 0 rings (SSSR count). The van der Waals surface area contributed by atoms with Crippen LogP contribution in [-0.2, 0) is 37.9 Å². The molecule has 0 saturated carbocycles. The van der Waals surface area contributed by atoms with E-state index in [4.69, 9.17) is 37.9 Å². The van der Waals surface area contributed by atoms with Crippen LogP contribution in [0.4, 0.5) is 0 Å². The van der Waals surface area contributed by atoms with Gasteiger partial charge in [-0.05, 0) is 55.4 Å². The molecule has 0 heterocycles. The van der Waals surface area contributed by atoms with E-state index in [-0.39, 0.29) is 24.4 Å². The Morgan fingerprint density at radius 3 is 0.762 bits per heavy atom. The van der Waals surface area contributed by atoms with Crippen molar-refractivity contribution in [3.63, 3.8) is 0 Å². The molecule has 128 valence electrons. The Hall–Kier alpha value is -0.103. The summed E-state index contributed by atoms with van der Waals surface area (Å²) in [6.45, 7) is 14.2. The molecule has 0 aliphatic heterocycles. The first kappa shape index (κ1) is 20.9. The van der Waals surface area contributed by atoms with Crippen molar-refractivity contribution in [2.24, 2.45) is 0 Å². The van der Waals surface area contributed by atoms with Gasteiger partial charge >= 0.3 is 9.05 Å². The van der Waals surface area contributed by atoms with Crippen LogP contribution in [0.2, 0.25) is 0 Å². The van der Waals surface area contributed by atoms with Gasteiger partial charge in [0.2, 0.25) is 0 Å². The molecule has 0 aromatic rings. The lowest BCUT2D eigenvalue weighted by molar-refractivity contribution is -0.444. The first-order valence-electron chi connectivity index (χ1n) is 7.04. The van der Waals surface area contributed by atoms with Gasteiger partial charge in [0.1, 0.15) is 0 Å². The summed E-state index contributed by atoms with van der Waals surface area (Å²) >= 11 is 0. The Bertz CT molecular complexity index is 206. The summed E-state index contributed by atoms with van der Waals surface area (Å²) in [6.07, 6.45) is -0.982. The summed E-state index contributed by atoms with van der Waals surface area (Å²) in [5, 5.41) is 0. The second-order valence-corrected chi connectivity index (χ2v) is 7.08. The van der Waals surface area contributed by atoms with Crippen LogP contribution >= 0.6 is 0 Å². The Morgan fingerprint density at radius 1 is 0.429 bits per heavy atom. The molecule has 0 radical (unpaired) electrons. The van der Waals surface area contributed by atoms with Crippen molar-refractivity contribution in [3.05, 3.63) is 0 Å². The molecule has 9 heteroatoms. The summed E-state index contributed by atoms with van der Waals surface area (Å²) in [5.74, 6) is 0. The van der Waals surface area contributed by atoms with E-state index in [0.717, 1.165) is 0 Å². The highest BCUT2D eigenvalue weighted by atomic mass is 28.4. The van der Waals surface area contributed by atoms with E-state index in [1.165, 1.54) is 0 Å². The van der Waals surface area contributed by atoms with Gasteiger partial charge in [-0.15, -0.1) is 0 Å². The Kier molecular flexibility index (Phi) is 10.5. The molecule has 21 heavy (non-hydrogen) atoms. The molecule has 0 fully saturated rings. The summed E-state index contributed by atoms with van der Waals surface area (Å²) in [6, 6.07) is 0. The molecule has 0 N–H and O–H groups in total. The number of rotatable bonds is 12. The maximum Gasteiger partial charge on any atom is 0.792 e. The highest BCUT2D eigenvalue weighted by molar-refractivity contribution is 6.52. The average molecular weight is 328 g/mol. The zero-order valence-corrected chi connectivity index (χ0v) is 15.1. The fourth-order valence-electron chi connectivity index (χ4n) is 0.704. The topological polar surface area (TPSA) is 73.8 Å². The zero-order valence-electron chi connectivity index (χ0n) is 14.1. The summed E-state index contributed by atoms with van der Waals surface area (Å²) < 4.78 is 20.6. The molecule has 0 aromatic heterocycles. The minimum absolute atomic E-state index is 0.246. The lowest BCUT2D eigenvalue weighted by Crippen LogP contribution is -2.51. The van der Waals surface area contributed by atoms with Crippen LogP contribution in [-0.4, -0.2) is 33.5 Å². The van der Waals surface area contributed by atoms with Crippen LogP contribution < -0.4 is 0 Å². The molecular formula is C12H28O8Si. The normalized spacial score (nSPS) is 13.1. The minimum Gasteiger partial charge on any atom is -0.239 e. The largest absolute Gasteiger partial charge is 0.792 e. The summed E-state index contributed by atoms with van der Waals surface area (Å²) in [7, 11) is -3.94. The standard InChI is InChI=1S/C12H28O8Si/c1-9(2)13-17-21(18-14-10(3)4,19-15-11(5)6)20-16-12(7)8/h9-12H,1-8H3. The van der Waals surface area contributed by atoms with E-state index >= 15 is 0 Å². The smallest absolute Gasteiger partial charge is 0.239 e. The number of hydrogen-bond acceptors (Lipinski definition) is 8. The van der Waals surface area contributed by atoms with Crippen LogP contribution in [0.15, 0.2) is 0 Å². The third-order valence-corrected chi connectivity index (χ3v) is 2.57. The third kappa shape index (κ3) is 11.2. The highest BCUT2D eigenvalue weighted by Gasteiger charge is 2.55. The van der Waals surface area contributed by atoms with Gasteiger partial charge in [0.25, 0.3) is 0 Å². The fourth-order valence-corrected chi connectivity index (χ4v) is 2.11. The zero-order chi connectivity index (χ0) is 16.5. The van der Waals surface area contributed by atoms with Crippen molar-refractivity contribution >= 4 is 9.05 Å². The van der Waals surface area contributed by atoms with E-state index in [9.17, 15) is 0 Å². The van der Waals surface area contributed by atoms with Crippen molar-refractivity contribution in [1.82, 2.24) is 0 Å². The lowest BCUT2D eigenvalue weighted by Gasteiger charge is -2.26. The van der Waals surface area contributed by atoms with Gasteiger partial charge in [0, 0.05) is 0 Å². The Morgan fingerprint density at radius 2 is 0.619 bits per heavy atom. The molecule has 8 nitrogen and oxygen atoms in total. The monoisotopic (exact) mass is 328 g/mol. The van der Waals surface area contributed by atoms with Crippen LogP contribution in [0.1, 0.15) is 55.4 Å². The average Bonchev–Trinajstić information content (AvgIpc) is 2.36. The summed E-state index contributed by atoms with van der Waals surface area (Å²) in [5.41, 5.74) is 0. The SMILES string of the molecule is CC(C)OO[Si](OOC(C)C)(OOC(C)C)OOC(C)C. The van der Waals surface area contributed by atoms with Gasteiger partial charge in [0.15, 0.2) is 0 Å². The van der Waals surface area contributed by atoms with Gasteiger partial charge in [0.05, 0.1) is 24.4 Å². The molecule has 0 unspecified atom stereocenters. The molecule has 0 aliphatic rings.